The van der Waals surface area contributed by atoms with Crippen LogP contribution in [0.3, 0.4) is 0 Å². The monoisotopic (exact) mass is 509 g/mol. The van der Waals surface area contributed by atoms with Crippen molar-refractivity contribution in [2.75, 3.05) is 6.61 Å². The Morgan fingerprint density at radius 3 is 1.66 bits per heavy atom. The Hall–Kier alpha value is -1.40. The molecule has 0 aliphatic heterocycles. The second-order valence-corrected chi connectivity index (χ2v) is 12.2. The predicted octanol–water partition coefficient (Wildman–Crippen LogP) is 7.90. The van der Waals surface area contributed by atoms with Gasteiger partial charge in [0.05, 0.1) is 13.0 Å². The molecule has 0 aromatic heterocycles. The minimum absolute atomic E-state index is 0.0280. The van der Waals surface area contributed by atoms with Gasteiger partial charge in [0.25, 0.3) is 0 Å². The summed E-state index contributed by atoms with van der Waals surface area (Å²) < 4.78 is 31.8. The topological polar surface area (TPSA) is 72.5 Å². The van der Waals surface area contributed by atoms with E-state index in [1.807, 2.05) is 0 Å². The second-order valence-electron chi connectivity index (χ2n) is 10.8. The summed E-state index contributed by atoms with van der Waals surface area (Å²) in [7, 11) is -4.10. The maximum absolute atomic E-state index is 12.7. The minimum atomic E-state index is -4.10. The number of carbonyl (C=O) groups is 1. The lowest BCUT2D eigenvalue weighted by molar-refractivity contribution is -0.118. The Kier molecular flexibility index (Phi) is 14.8. The molecule has 1 N–H and O–H groups in total. The molecule has 6 heteroatoms. The maximum Gasteiger partial charge on any atom is 0.362 e. The van der Waals surface area contributed by atoms with Crippen LogP contribution >= 0.6 is 0 Å². The van der Waals surface area contributed by atoms with Crippen molar-refractivity contribution in [3.8, 4) is 0 Å². The van der Waals surface area contributed by atoms with Gasteiger partial charge >= 0.3 is 10.3 Å². The van der Waals surface area contributed by atoms with Gasteiger partial charge in [-0.05, 0) is 46.4 Å². The third-order valence-electron chi connectivity index (χ3n) is 6.56. The summed E-state index contributed by atoms with van der Waals surface area (Å²) in [5.74, 6) is 0.304. The van der Waals surface area contributed by atoms with Gasteiger partial charge in [-0.1, -0.05) is 118 Å². The number of hydrogen-bond donors (Lipinski definition) is 1. The van der Waals surface area contributed by atoms with Crippen LogP contribution in [0.2, 0.25) is 0 Å². The highest BCUT2D eigenvalue weighted by Gasteiger charge is 2.22. The number of unbranched alkanes of at least 4 members (excludes halogenated alkanes) is 9. The van der Waals surface area contributed by atoms with Gasteiger partial charge < -0.3 is 0 Å². The number of benzene rings is 1. The molecule has 0 heterocycles. The Labute approximate surface area is 216 Å². The van der Waals surface area contributed by atoms with Crippen molar-refractivity contribution in [1.82, 2.24) is 4.72 Å². The van der Waals surface area contributed by atoms with E-state index in [1.54, 1.807) is 0 Å². The highest BCUT2D eigenvalue weighted by atomic mass is 32.2. The molecular weight excluding hydrogens is 458 g/mol. The number of carbonyl (C=O) groups excluding carboxylic acids is 1. The van der Waals surface area contributed by atoms with E-state index in [1.165, 1.54) is 50.5 Å². The molecule has 0 radical (unpaired) electrons. The standard InChI is InChI=1S/C29H51NO4S/c1-8-9-10-11-12-13-14-15-16-17-18-34-35(32,33)30-29(31)21-28-26(23(4)5)19-25(22(2)3)20-27(28)24(6)7/h19-20,22-24H,8-18,21H2,1-7H3,(H,30,31). The molecule has 0 aliphatic carbocycles. The van der Waals surface area contributed by atoms with Crippen molar-refractivity contribution < 1.29 is 17.4 Å². The fourth-order valence-corrected chi connectivity index (χ4v) is 5.18. The van der Waals surface area contributed by atoms with E-state index in [0.717, 1.165) is 29.5 Å². The molecule has 202 valence electrons. The lowest BCUT2D eigenvalue weighted by atomic mass is 9.83. The van der Waals surface area contributed by atoms with Gasteiger partial charge in [-0.15, -0.1) is 0 Å². The molecule has 0 aliphatic rings. The highest BCUT2D eigenvalue weighted by Crippen LogP contribution is 2.32. The normalized spacial score (nSPS) is 12.2. The third-order valence-corrected chi connectivity index (χ3v) is 7.52. The smallest absolute Gasteiger partial charge is 0.274 e. The second kappa shape index (κ2) is 16.4. The van der Waals surface area contributed by atoms with Crippen molar-refractivity contribution in [1.29, 1.82) is 0 Å². The fraction of sp³-hybridized carbons (Fsp3) is 0.759. The van der Waals surface area contributed by atoms with Gasteiger partial charge in [0.2, 0.25) is 5.91 Å². The molecule has 0 saturated heterocycles. The number of nitrogens with one attached hydrogen (secondary N) is 1. The first-order valence-electron chi connectivity index (χ1n) is 13.8. The first-order valence-corrected chi connectivity index (χ1v) is 15.3. The van der Waals surface area contributed by atoms with Crippen molar-refractivity contribution in [3.63, 3.8) is 0 Å². The zero-order valence-corrected chi connectivity index (χ0v) is 24.2. The van der Waals surface area contributed by atoms with Crippen LogP contribution < -0.4 is 4.72 Å². The summed E-state index contributed by atoms with van der Waals surface area (Å²) in [4.78, 5) is 12.7. The van der Waals surface area contributed by atoms with E-state index in [2.05, 4.69) is 65.3 Å². The van der Waals surface area contributed by atoms with E-state index >= 15 is 0 Å². The van der Waals surface area contributed by atoms with Crippen LogP contribution in [0, 0.1) is 0 Å². The predicted molar refractivity (Wildman–Crippen MR) is 147 cm³/mol. The van der Waals surface area contributed by atoms with Crippen LogP contribution in [0.15, 0.2) is 12.1 Å². The van der Waals surface area contributed by atoms with Crippen LogP contribution in [0.1, 0.15) is 153 Å². The van der Waals surface area contributed by atoms with Gasteiger partial charge in [-0.3, -0.25) is 8.98 Å². The first-order chi connectivity index (χ1) is 16.5. The van der Waals surface area contributed by atoms with Crippen LogP contribution in [-0.4, -0.2) is 20.9 Å². The lowest BCUT2D eigenvalue weighted by Crippen LogP contribution is -2.34. The molecule has 0 saturated carbocycles. The average Bonchev–Trinajstić information content (AvgIpc) is 2.76. The Morgan fingerprint density at radius 1 is 0.771 bits per heavy atom. The van der Waals surface area contributed by atoms with E-state index < -0.39 is 16.2 Å². The molecule has 1 aromatic carbocycles. The quantitative estimate of drug-likeness (QED) is 0.204. The van der Waals surface area contributed by atoms with Crippen molar-refractivity contribution in [3.05, 3.63) is 34.4 Å². The molecule has 0 fully saturated rings. The Bertz CT molecular complexity index is 830. The highest BCUT2D eigenvalue weighted by molar-refractivity contribution is 7.85. The molecular formula is C29H51NO4S. The maximum atomic E-state index is 12.7. The molecule has 1 amide bonds. The Morgan fingerprint density at radius 2 is 1.23 bits per heavy atom. The molecule has 0 unspecified atom stereocenters. The SMILES string of the molecule is CCCCCCCCCCCCOS(=O)(=O)NC(=O)Cc1c(C(C)C)cc(C(C)C)cc1C(C)C. The van der Waals surface area contributed by atoms with Crippen LogP contribution in [0.4, 0.5) is 0 Å². The van der Waals surface area contributed by atoms with Gasteiger partial charge in [0.15, 0.2) is 0 Å². The minimum Gasteiger partial charge on any atom is -0.274 e. The van der Waals surface area contributed by atoms with Gasteiger partial charge in [-0.2, -0.15) is 8.42 Å². The van der Waals surface area contributed by atoms with E-state index in [-0.39, 0.29) is 24.9 Å². The van der Waals surface area contributed by atoms with Crippen molar-refractivity contribution in [2.45, 2.75) is 137 Å². The van der Waals surface area contributed by atoms with Crippen molar-refractivity contribution >= 4 is 16.2 Å². The van der Waals surface area contributed by atoms with E-state index in [4.69, 9.17) is 4.18 Å². The lowest BCUT2D eigenvalue weighted by Gasteiger charge is -2.22. The van der Waals surface area contributed by atoms with Gasteiger partial charge in [0, 0.05) is 0 Å². The Balaban J connectivity index is 2.57. The number of rotatable bonds is 18. The van der Waals surface area contributed by atoms with Gasteiger partial charge in [-0.25, -0.2) is 4.72 Å². The van der Waals surface area contributed by atoms with Crippen LogP contribution in [0.25, 0.3) is 0 Å². The fourth-order valence-electron chi connectivity index (χ4n) is 4.43. The summed E-state index contributed by atoms with van der Waals surface area (Å²) >= 11 is 0. The van der Waals surface area contributed by atoms with Crippen molar-refractivity contribution in [2.24, 2.45) is 0 Å². The third kappa shape index (κ3) is 12.4. The summed E-state index contributed by atoms with van der Waals surface area (Å²) in [5.41, 5.74) is 4.40. The zero-order valence-electron chi connectivity index (χ0n) is 23.4. The number of hydrogen-bond acceptors (Lipinski definition) is 4. The average molecular weight is 510 g/mol. The van der Waals surface area contributed by atoms with Gasteiger partial charge in [0.1, 0.15) is 0 Å². The molecule has 35 heavy (non-hydrogen) atoms. The molecule has 0 atom stereocenters. The largest absolute Gasteiger partial charge is 0.362 e. The summed E-state index contributed by atoms with van der Waals surface area (Å²) in [5, 5.41) is 0. The van der Waals surface area contributed by atoms with Crippen LogP contribution in [0.5, 0.6) is 0 Å². The van der Waals surface area contributed by atoms with Crippen LogP contribution in [-0.2, 0) is 25.7 Å². The number of amides is 1. The zero-order chi connectivity index (χ0) is 26.4. The molecule has 0 bridgehead atoms. The summed E-state index contributed by atoms with van der Waals surface area (Å²) in [6, 6.07) is 4.33. The molecule has 1 aromatic rings. The molecule has 1 rings (SSSR count). The summed E-state index contributed by atoms with van der Waals surface area (Å²) in [6.07, 6.45) is 11.7. The molecule has 0 spiro atoms. The first kappa shape index (κ1) is 31.6. The molecule has 5 nitrogen and oxygen atoms in total. The van der Waals surface area contributed by atoms with E-state index in [0.29, 0.717) is 12.3 Å². The summed E-state index contributed by atoms with van der Waals surface area (Å²) in [6.45, 7) is 15.1. The van der Waals surface area contributed by atoms with E-state index in [9.17, 15) is 13.2 Å².